The van der Waals surface area contributed by atoms with E-state index in [1.165, 1.54) is 0 Å². The van der Waals surface area contributed by atoms with Crippen molar-refractivity contribution in [3.8, 4) is 40.5 Å². The summed E-state index contributed by atoms with van der Waals surface area (Å²) in [6.07, 6.45) is 2.83. The number of aryl methyl sites for hydroxylation is 1. The summed E-state index contributed by atoms with van der Waals surface area (Å²) in [5.41, 5.74) is 3.97. The van der Waals surface area contributed by atoms with Gasteiger partial charge in [0.1, 0.15) is 30.1 Å². The molecule has 0 saturated carbocycles. The highest BCUT2D eigenvalue weighted by atomic mass is 16.5. The number of aldehydes is 1. The number of carbonyl (C=O) groups excluding carboxylic acids is 1. The lowest BCUT2D eigenvalue weighted by molar-refractivity contribution is -0.112. The first-order chi connectivity index (χ1) is 21.2. The minimum Gasteiger partial charge on any atom is -0.481 e. The zero-order valence-corrected chi connectivity index (χ0v) is 24.0. The summed E-state index contributed by atoms with van der Waals surface area (Å²) in [4.78, 5) is 18.7. The van der Waals surface area contributed by atoms with Gasteiger partial charge in [0.15, 0.2) is 0 Å². The Labute approximate surface area is 251 Å². The van der Waals surface area contributed by atoms with Gasteiger partial charge in [-0.25, -0.2) is 4.98 Å². The van der Waals surface area contributed by atoms with E-state index in [1.807, 2.05) is 91.9 Å². The van der Waals surface area contributed by atoms with E-state index in [0.717, 1.165) is 58.8 Å². The molecule has 1 fully saturated rings. The Hall–Kier alpha value is -5.12. The van der Waals surface area contributed by atoms with E-state index in [9.17, 15) is 4.79 Å². The van der Waals surface area contributed by atoms with Crippen molar-refractivity contribution in [2.45, 2.75) is 38.4 Å². The third-order valence-electron chi connectivity index (χ3n) is 7.58. The van der Waals surface area contributed by atoms with Gasteiger partial charge in [-0.3, -0.25) is 4.90 Å². The number of hydrogen-bond acceptors (Lipinski definition) is 6. The maximum atomic E-state index is 11.9. The average molecular weight is 569 g/mol. The van der Waals surface area contributed by atoms with Gasteiger partial charge in [-0.15, -0.1) is 0 Å². The Morgan fingerprint density at radius 2 is 1.53 bits per heavy atom. The smallest absolute Gasteiger partial charge is 0.227 e. The Balaban J connectivity index is 1.06. The van der Waals surface area contributed by atoms with Crippen molar-refractivity contribution < 1.29 is 18.7 Å². The molecule has 0 radical (unpaired) electrons. The highest BCUT2D eigenvalue weighted by molar-refractivity contribution is 5.58. The number of aromatic nitrogens is 1. The molecule has 2 atom stereocenters. The van der Waals surface area contributed by atoms with Gasteiger partial charge in [0, 0.05) is 18.2 Å². The lowest BCUT2D eigenvalue weighted by atomic mass is 10.0. The Bertz CT molecular complexity index is 1700. The third-order valence-corrected chi connectivity index (χ3v) is 7.58. The van der Waals surface area contributed by atoms with Gasteiger partial charge in [0.25, 0.3) is 0 Å². The maximum Gasteiger partial charge on any atom is 0.227 e. The molecule has 1 aliphatic rings. The zero-order chi connectivity index (χ0) is 29.4. The summed E-state index contributed by atoms with van der Waals surface area (Å²) in [5.74, 6) is 9.49. The zero-order valence-electron chi connectivity index (χ0n) is 24.0. The standard InChI is InChI=1S/C37H32N2O4/c1-27-36(43-37(38-27)30-9-4-2-5-10-30)13-8-24-41-32-21-16-29(17-22-32)35-23-18-31(26-40)39(35)25-28-14-19-34(20-15-28)42-33-11-6-3-7-12-33/h2-7,9-12,14-17,19-22,26,31,35H,18,23-25H2,1H3/t31-,35-/m1/s1. The predicted molar refractivity (Wildman–Crippen MR) is 166 cm³/mol. The van der Waals surface area contributed by atoms with E-state index in [0.29, 0.717) is 18.2 Å². The number of carbonyl (C=O) groups is 1. The molecule has 6 rings (SSSR count). The van der Waals surface area contributed by atoms with Gasteiger partial charge < -0.3 is 18.7 Å². The van der Waals surface area contributed by atoms with Crippen LogP contribution >= 0.6 is 0 Å². The van der Waals surface area contributed by atoms with Crippen molar-refractivity contribution in [2.24, 2.45) is 0 Å². The third kappa shape index (κ3) is 6.86. The van der Waals surface area contributed by atoms with Crippen LogP contribution in [0.1, 0.15) is 41.5 Å². The molecule has 0 N–H and O–H groups in total. The van der Waals surface area contributed by atoms with Crippen LogP contribution in [0.3, 0.4) is 0 Å². The van der Waals surface area contributed by atoms with Crippen LogP contribution in [0.25, 0.3) is 11.5 Å². The van der Waals surface area contributed by atoms with Gasteiger partial charge in [0.2, 0.25) is 11.7 Å². The second-order valence-electron chi connectivity index (χ2n) is 10.5. The summed E-state index contributed by atoms with van der Waals surface area (Å²) >= 11 is 0. The first kappa shape index (κ1) is 28.0. The Kier molecular flexibility index (Phi) is 8.63. The van der Waals surface area contributed by atoms with Crippen molar-refractivity contribution in [2.75, 3.05) is 6.61 Å². The summed E-state index contributed by atoms with van der Waals surface area (Å²) in [7, 11) is 0. The van der Waals surface area contributed by atoms with Gasteiger partial charge in [-0.1, -0.05) is 66.6 Å². The molecule has 0 bridgehead atoms. The van der Waals surface area contributed by atoms with Crippen LogP contribution in [0.5, 0.6) is 17.2 Å². The first-order valence-electron chi connectivity index (χ1n) is 14.4. The van der Waals surface area contributed by atoms with Crippen LogP contribution in [0.15, 0.2) is 114 Å². The highest BCUT2D eigenvalue weighted by Crippen LogP contribution is 2.37. The molecule has 1 saturated heterocycles. The molecular formula is C37H32N2O4. The lowest BCUT2D eigenvalue weighted by Gasteiger charge is -2.28. The number of benzene rings is 4. The summed E-state index contributed by atoms with van der Waals surface area (Å²) < 4.78 is 17.7. The SMILES string of the molecule is Cc1nc(-c2ccccc2)oc1C#CCOc1ccc([C@H]2CC[C@H](C=O)N2Cc2ccc(Oc3ccccc3)cc2)cc1. The van der Waals surface area contributed by atoms with Gasteiger partial charge >= 0.3 is 0 Å². The van der Waals surface area contributed by atoms with E-state index in [1.54, 1.807) is 0 Å². The number of nitrogens with zero attached hydrogens (tertiary/aromatic N) is 2. The van der Waals surface area contributed by atoms with Crippen LogP contribution in [0.2, 0.25) is 0 Å². The summed E-state index contributed by atoms with van der Waals surface area (Å²) in [5, 5.41) is 0. The van der Waals surface area contributed by atoms with E-state index >= 15 is 0 Å². The van der Waals surface area contributed by atoms with E-state index in [2.05, 4.69) is 46.0 Å². The van der Waals surface area contributed by atoms with Crippen molar-refractivity contribution in [3.63, 3.8) is 0 Å². The monoisotopic (exact) mass is 568 g/mol. The molecule has 1 aromatic heterocycles. The molecule has 0 spiro atoms. The van der Waals surface area contributed by atoms with Crippen molar-refractivity contribution >= 4 is 6.29 Å². The molecule has 214 valence electrons. The molecule has 2 heterocycles. The predicted octanol–water partition coefficient (Wildman–Crippen LogP) is 7.78. The topological polar surface area (TPSA) is 64.8 Å². The van der Waals surface area contributed by atoms with Crippen molar-refractivity contribution in [3.05, 3.63) is 132 Å². The minimum atomic E-state index is -0.113. The van der Waals surface area contributed by atoms with E-state index < -0.39 is 0 Å². The number of rotatable bonds is 9. The van der Waals surface area contributed by atoms with Gasteiger partial charge in [0.05, 0.1) is 11.7 Å². The number of hydrogen-bond donors (Lipinski definition) is 0. The number of oxazole rings is 1. The molecule has 4 aromatic carbocycles. The Morgan fingerprint density at radius 1 is 0.860 bits per heavy atom. The van der Waals surface area contributed by atoms with Crippen LogP contribution in [-0.4, -0.2) is 28.8 Å². The van der Waals surface area contributed by atoms with Crippen LogP contribution in [0, 0.1) is 18.8 Å². The molecule has 6 nitrogen and oxygen atoms in total. The quantitative estimate of drug-likeness (QED) is 0.134. The van der Waals surface area contributed by atoms with Crippen LogP contribution in [0.4, 0.5) is 0 Å². The van der Waals surface area contributed by atoms with Crippen molar-refractivity contribution in [1.29, 1.82) is 0 Å². The molecule has 0 unspecified atom stereocenters. The number of ether oxygens (including phenoxy) is 2. The number of para-hydroxylation sites is 1. The van der Waals surface area contributed by atoms with Crippen LogP contribution in [-0.2, 0) is 11.3 Å². The fourth-order valence-electron chi connectivity index (χ4n) is 5.36. The van der Waals surface area contributed by atoms with Crippen LogP contribution < -0.4 is 9.47 Å². The van der Waals surface area contributed by atoms with E-state index in [-0.39, 0.29) is 18.7 Å². The molecule has 43 heavy (non-hydrogen) atoms. The molecule has 0 amide bonds. The Morgan fingerprint density at radius 3 is 2.26 bits per heavy atom. The average Bonchev–Trinajstić information content (AvgIpc) is 3.64. The molecular weight excluding hydrogens is 536 g/mol. The van der Waals surface area contributed by atoms with Crippen molar-refractivity contribution in [1.82, 2.24) is 9.88 Å². The molecule has 1 aliphatic heterocycles. The fourth-order valence-corrected chi connectivity index (χ4v) is 5.36. The lowest BCUT2D eigenvalue weighted by Crippen LogP contribution is -2.32. The normalized spacial score (nSPS) is 16.3. The maximum absolute atomic E-state index is 11.9. The van der Waals surface area contributed by atoms with Gasteiger partial charge in [-0.05, 0) is 85.3 Å². The van der Waals surface area contributed by atoms with Gasteiger partial charge in [-0.2, -0.15) is 0 Å². The molecule has 0 aliphatic carbocycles. The first-order valence-corrected chi connectivity index (χ1v) is 14.4. The molecule has 6 heteroatoms. The minimum absolute atomic E-state index is 0.113. The second-order valence-corrected chi connectivity index (χ2v) is 10.5. The summed E-state index contributed by atoms with van der Waals surface area (Å²) in [6, 6.07) is 35.7. The second kappa shape index (κ2) is 13.2. The number of likely N-dealkylation sites (tertiary alicyclic amines) is 1. The summed E-state index contributed by atoms with van der Waals surface area (Å²) in [6.45, 7) is 2.80. The van der Waals surface area contributed by atoms with E-state index in [4.69, 9.17) is 13.9 Å². The highest BCUT2D eigenvalue weighted by Gasteiger charge is 2.34. The largest absolute Gasteiger partial charge is 0.481 e. The molecule has 5 aromatic rings. The fraction of sp³-hybridized carbons (Fsp3) is 0.189.